The monoisotopic (exact) mass is 341 g/mol. The quantitative estimate of drug-likeness (QED) is 0.747. The molecule has 0 aliphatic heterocycles. The highest BCUT2D eigenvalue weighted by Gasteiger charge is 2.17. The van der Waals surface area contributed by atoms with E-state index in [4.69, 9.17) is 0 Å². The van der Waals surface area contributed by atoms with Crippen LogP contribution in [0.5, 0.6) is 0 Å². The van der Waals surface area contributed by atoms with Crippen LogP contribution in [0.1, 0.15) is 28.8 Å². The predicted octanol–water partition coefficient (Wildman–Crippen LogP) is 2.45. The minimum absolute atomic E-state index is 0.0907. The Labute approximate surface area is 144 Å². The van der Waals surface area contributed by atoms with Gasteiger partial charge in [-0.15, -0.1) is 0 Å². The summed E-state index contributed by atoms with van der Waals surface area (Å²) in [5, 5.41) is 11.5. The Hall–Kier alpha value is -2.54. The largest absolute Gasteiger partial charge is 0.347 e. The minimum Gasteiger partial charge on any atom is -0.347 e. The summed E-state index contributed by atoms with van der Waals surface area (Å²) < 4.78 is 1.62. The Kier molecular flexibility index (Phi) is 5.00. The van der Waals surface area contributed by atoms with Gasteiger partial charge in [-0.1, -0.05) is 6.07 Å². The molecule has 3 aromatic rings. The van der Waals surface area contributed by atoms with Crippen LogP contribution in [0.4, 0.5) is 0 Å². The van der Waals surface area contributed by atoms with Crippen LogP contribution in [-0.2, 0) is 17.8 Å². The fourth-order valence-corrected chi connectivity index (χ4v) is 3.25. The molecular formula is C17H19N5OS. The van der Waals surface area contributed by atoms with E-state index in [1.807, 2.05) is 31.4 Å². The van der Waals surface area contributed by atoms with E-state index in [2.05, 4.69) is 31.8 Å². The molecule has 0 radical (unpaired) electrons. The first-order chi connectivity index (χ1) is 11.6. The van der Waals surface area contributed by atoms with Crippen molar-refractivity contribution in [2.45, 2.75) is 32.9 Å². The van der Waals surface area contributed by atoms with Gasteiger partial charge in [-0.25, -0.2) is 9.67 Å². The predicted molar refractivity (Wildman–Crippen MR) is 92.6 cm³/mol. The molecule has 7 heteroatoms. The van der Waals surface area contributed by atoms with Gasteiger partial charge in [0.25, 0.3) is 0 Å². The zero-order valence-corrected chi connectivity index (χ0v) is 14.5. The first-order valence-corrected chi connectivity index (χ1v) is 8.64. The van der Waals surface area contributed by atoms with Crippen molar-refractivity contribution in [3.63, 3.8) is 0 Å². The third-order valence-electron chi connectivity index (χ3n) is 3.70. The summed E-state index contributed by atoms with van der Waals surface area (Å²) in [5.41, 5.74) is 2.19. The van der Waals surface area contributed by atoms with E-state index in [0.717, 1.165) is 17.8 Å². The third kappa shape index (κ3) is 4.05. The van der Waals surface area contributed by atoms with E-state index in [0.29, 0.717) is 5.82 Å². The highest BCUT2D eigenvalue weighted by molar-refractivity contribution is 7.07. The Morgan fingerprint density at radius 1 is 1.38 bits per heavy atom. The Morgan fingerprint density at radius 2 is 2.25 bits per heavy atom. The van der Waals surface area contributed by atoms with Gasteiger partial charge < -0.3 is 5.32 Å². The molecule has 1 atom stereocenters. The van der Waals surface area contributed by atoms with E-state index in [1.165, 1.54) is 5.56 Å². The summed E-state index contributed by atoms with van der Waals surface area (Å²) in [7, 11) is 0. The average Bonchev–Trinajstić information content (AvgIpc) is 3.17. The Balaban J connectivity index is 1.73. The number of carbonyl (C=O) groups excluding carboxylic acids is 1. The summed E-state index contributed by atoms with van der Waals surface area (Å²) >= 11 is 1.65. The maximum absolute atomic E-state index is 12.5. The lowest BCUT2D eigenvalue weighted by Crippen LogP contribution is -2.33. The molecule has 124 valence electrons. The molecule has 6 nitrogen and oxygen atoms in total. The SMILES string of the molecule is Cc1nc(C)n(CC(=O)N[C@@H](Cc2ccsc2)c2cccnc2)n1. The zero-order valence-electron chi connectivity index (χ0n) is 13.6. The number of hydrogen-bond donors (Lipinski definition) is 1. The molecule has 0 spiro atoms. The van der Waals surface area contributed by atoms with Crippen LogP contribution in [-0.4, -0.2) is 25.7 Å². The number of nitrogens with one attached hydrogen (secondary N) is 1. The molecule has 0 fully saturated rings. The normalized spacial score (nSPS) is 12.1. The highest BCUT2D eigenvalue weighted by atomic mass is 32.1. The van der Waals surface area contributed by atoms with Crippen molar-refractivity contribution in [1.82, 2.24) is 25.1 Å². The number of amides is 1. The van der Waals surface area contributed by atoms with Crippen LogP contribution in [0.3, 0.4) is 0 Å². The Bertz CT molecular complexity index is 798. The lowest BCUT2D eigenvalue weighted by Gasteiger charge is -2.18. The van der Waals surface area contributed by atoms with Gasteiger partial charge in [0.1, 0.15) is 18.2 Å². The molecule has 0 aliphatic rings. The van der Waals surface area contributed by atoms with Crippen LogP contribution >= 0.6 is 11.3 Å². The highest BCUT2D eigenvalue weighted by Crippen LogP contribution is 2.19. The molecule has 0 bridgehead atoms. The molecular weight excluding hydrogens is 322 g/mol. The van der Waals surface area contributed by atoms with Crippen molar-refractivity contribution >= 4 is 17.2 Å². The summed E-state index contributed by atoms with van der Waals surface area (Å²) in [6.07, 6.45) is 4.26. The number of nitrogens with zero attached hydrogens (tertiary/aromatic N) is 4. The van der Waals surface area contributed by atoms with E-state index in [9.17, 15) is 4.79 Å². The first kappa shape index (κ1) is 16.3. The second-order valence-electron chi connectivity index (χ2n) is 5.61. The number of hydrogen-bond acceptors (Lipinski definition) is 5. The summed E-state index contributed by atoms with van der Waals surface area (Å²) in [6, 6.07) is 5.82. The molecule has 3 rings (SSSR count). The molecule has 1 amide bonds. The second kappa shape index (κ2) is 7.35. The van der Waals surface area contributed by atoms with E-state index >= 15 is 0 Å². The van der Waals surface area contributed by atoms with Crippen molar-refractivity contribution in [1.29, 1.82) is 0 Å². The van der Waals surface area contributed by atoms with Crippen LogP contribution in [0.15, 0.2) is 41.4 Å². The molecule has 1 N–H and O–H groups in total. The summed E-state index contributed by atoms with van der Waals surface area (Å²) in [4.78, 5) is 20.9. The zero-order chi connectivity index (χ0) is 16.9. The molecule has 3 heterocycles. The summed E-state index contributed by atoms with van der Waals surface area (Å²) in [5.74, 6) is 1.31. The van der Waals surface area contributed by atoms with Gasteiger partial charge in [-0.3, -0.25) is 9.78 Å². The summed E-state index contributed by atoms with van der Waals surface area (Å²) in [6.45, 7) is 3.82. The molecule has 0 unspecified atom stereocenters. The van der Waals surface area contributed by atoms with Gasteiger partial charge in [-0.2, -0.15) is 16.4 Å². The van der Waals surface area contributed by atoms with E-state index < -0.39 is 0 Å². The van der Waals surface area contributed by atoms with Crippen molar-refractivity contribution in [3.8, 4) is 0 Å². The molecule has 0 aromatic carbocycles. The first-order valence-electron chi connectivity index (χ1n) is 7.70. The fourth-order valence-electron chi connectivity index (χ4n) is 2.57. The lowest BCUT2D eigenvalue weighted by atomic mass is 10.0. The van der Waals surface area contributed by atoms with E-state index in [1.54, 1.807) is 28.4 Å². The third-order valence-corrected chi connectivity index (χ3v) is 4.43. The van der Waals surface area contributed by atoms with Gasteiger partial charge in [0.2, 0.25) is 5.91 Å². The number of aryl methyl sites for hydroxylation is 2. The standard InChI is InChI=1S/C17H19N5OS/c1-12-19-13(2)22(21-12)10-17(23)20-16(8-14-5-7-24-11-14)15-4-3-6-18-9-15/h3-7,9,11,16H,8,10H2,1-2H3,(H,20,23)/t16-/m0/s1. The van der Waals surface area contributed by atoms with Crippen molar-refractivity contribution in [3.05, 3.63) is 64.1 Å². The number of thiophene rings is 1. The van der Waals surface area contributed by atoms with Crippen LogP contribution < -0.4 is 5.32 Å². The maximum Gasteiger partial charge on any atom is 0.242 e. The van der Waals surface area contributed by atoms with Gasteiger partial charge in [0.15, 0.2) is 0 Å². The smallest absolute Gasteiger partial charge is 0.242 e. The molecule has 3 aromatic heterocycles. The van der Waals surface area contributed by atoms with E-state index in [-0.39, 0.29) is 18.5 Å². The topological polar surface area (TPSA) is 72.7 Å². The van der Waals surface area contributed by atoms with Crippen LogP contribution in [0.25, 0.3) is 0 Å². The van der Waals surface area contributed by atoms with Gasteiger partial charge in [0, 0.05) is 12.4 Å². The number of carbonyl (C=O) groups is 1. The van der Waals surface area contributed by atoms with Gasteiger partial charge in [-0.05, 0) is 54.3 Å². The molecule has 24 heavy (non-hydrogen) atoms. The van der Waals surface area contributed by atoms with Gasteiger partial charge in [0.05, 0.1) is 6.04 Å². The minimum atomic E-state index is -0.120. The van der Waals surface area contributed by atoms with Crippen LogP contribution in [0, 0.1) is 13.8 Å². The number of rotatable bonds is 6. The van der Waals surface area contributed by atoms with Crippen molar-refractivity contribution in [2.24, 2.45) is 0 Å². The number of pyridine rings is 1. The maximum atomic E-state index is 12.5. The number of aromatic nitrogens is 4. The Morgan fingerprint density at radius 3 is 2.88 bits per heavy atom. The molecule has 0 saturated carbocycles. The molecule has 0 saturated heterocycles. The van der Waals surface area contributed by atoms with Crippen molar-refractivity contribution < 1.29 is 4.79 Å². The van der Waals surface area contributed by atoms with Crippen LogP contribution in [0.2, 0.25) is 0 Å². The average molecular weight is 341 g/mol. The second-order valence-corrected chi connectivity index (χ2v) is 6.39. The lowest BCUT2D eigenvalue weighted by molar-refractivity contribution is -0.122. The van der Waals surface area contributed by atoms with Crippen molar-refractivity contribution in [2.75, 3.05) is 0 Å². The molecule has 0 aliphatic carbocycles. The van der Waals surface area contributed by atoms with Gasteiger partial charge >= 0.3 is 0 Å². The fraction of sp³-hybridized carbons (Fsp3) is 0.294.